The molecule has 0 spiro atoms. The van der Waals surface area contributed by atoms with Crippen LogP contribution in [0.4, 0.5) is 0 Å². The zero-order valence-electron chi connectivity index (χ0n) is 16.2. The molecule has 1 fully saturated rings. The van der Waals surface area contributed by atoms with E-state index in [-0.39, 0.29) is 11.9 Å². The molecule has 27 heavy (non-hydrogen) atoms. The molecule has 0 saturated carbocycles. The van der Waals surface area contributed by atoms with Crippen LogP contribution >= 0.6 is 0 Å². The maximum absolute atomic E-state index is 13.4. The molecule has 0 bridgehead atoms. The van der Waals surface area contributed by atoms with Gasteiger partial charge in [0.05, 0.1) is 6.04 Å². The van der Waals surface area contributed by atoms with Gasteiger partial charge < -0.3 is 14.4 Å². The van der Waals surface area contributed by atoms with Gasteiger partial charge in [0.2, 0.25) is 5.91 Å². The van der Waals surface area contributed by atoms with Crippen LogP contribution < -0.4 is 10.2 Å². The Morgan fingerprint density at radius 3 is 2.63 bits per heavy atom. The maximum atomic E-state index is 13.4. The van der Waals surface area contributed by atoms with Crippen LogP contribution in [0.2, 0.25) is 0 Å². The minimum absolute atomic E-state index is 0.0841. The van der Waals surface area contributed by atoms with Crippen molar-refractivity contribution in [1.29, 1.82) is 0 Å². The quantitative estimate of drug-likeness (QED) is 0.625. The predicted molar refractivity (Wildman–Crippen MR) is 98.5 cm³/mol. The molecule has 7 heteroatoms. The van der Waals surface area contributed by atoms with Crippen LogP contribution in [0.3, 0.4) is 0 Å². The number of hydrogen-bond acceptors (Lipinski definition) is 5. The number of benzene rings is 1. The van der Waals surface area contributed by atoms with Crippen molar-refractivity contribution in [1.82, 2.24) is 10.4 Å². The lowest BCUT2D eigenvalue weighted by Crippen LogP contribution is -2.49. The Kier molecular flexibility index (Phi) is 5.72. The molecular formula is C20H28N2O5. The summed E-state index contributed by atoms with van der Waals surface area (Å²) in [7, 11) is 0. The van der Waals surface area contributed by atoms with Crippen molar-refractivity contribution in [2.75, 3.05) is 19.8 Å². The first-order chi connectivity index (χ1) is 12.8. The standard InChI is InChI=1S/C20H28N2O5/c1-13-12-27-17-10-14(18(23)21-25)4-5-15(17)11-22(13)19(24)20(2,3)16-6-8-26-9-7-16/h4-5,10,13,16,25H,6-9,11-12H2,1-3H3,(H,21,23)/t13-/m0/s1. The second kappa shape index (κ2) is 7.86. The predicted octanol–water partition coefficient (Wildman–Crippen LogP) is 2.37. The van der Waals surface area contributed by atoms with E-state index in [1.807, 2.05) is 25.7 Å². The van der Waals surface area contributed by atoms with Gasteiger partial charge in [0.1, 0.15) is 12.4 Å². The molecule has 2 N–H and O–H groups in total. The minimum Gasteiger partial charge on any atom is -0.491 e. The highest BCUT2D eigenvalue weighted by atomic mass is 16.5. The van der Waals surface area contributed by atoms with E-state index in [0.717, 1.165) is 18.4 Å². The Hall–Kier alpha value is -2.12. The Morgan fingerprint density at radius 1 is 1.26 bits per heavy atom. The molecule has 2 aliphatic rings. The van der Waals surface area contributed by atoms with Gasteiger partial charge in [-0.1, -0.05) is 19.9 Å². The van der Waals surface area contributed by atoms with Gasteiger partial charge in [-0.3, -0.25) is 14.8 Å². The molecule has 2 amide bonds. The van der Waals surface area contributed by atoms with Gasteiger partial charge in [0.25, 0.3) is 5.91 Å². The normalized spacial score (nSPS) is 21.0. The van der Waals surface area contributed by atoms with Crippen molar-refractivity contribution in [3.63, 3.8) is 0 Å². The van der Waals surface area contributed by atoms with Crippen molar-refractivity contribution in [2.45, 2.75) is 46.2 Å². The fourth-order valence-corrected chi connectivity index (χ4v) is 3.90. The van der Waals surface area contributed by atoms with Crippen molar-refractivity contribution < 1.29 is 24.3 Å². The molecule has 0 radical (unpaired) electrons. The van der Waals surface area contributed by atoms with Gasteiger partial charge in [0, 0.05) is 36.3 Å². The molecule has 1 aromatic carbocycles. The molecule has 0 unspecified atom stereocenters. The lowest BCUT2D eigenvalue weighted by atomic mass is 9.73. The van der Waals surface area contributed by atoms with Crippen molar-refractivity contribution in [3.8, 4) is 5.75 Å². The average Bonchev–Trinajstić information content (AvgIpc) is 2.86. The van der Waals surface area contributed by atoms with Crippen LogP contribution in [-0.4, -0.2) is 47.8 Å². The summed E-state index contributed by atoms with van der Waals surface area (Å²) in [5.74, 6) is 0.398. The van der Waals surface area contributed by atoms with Crippen LogP contribution in [0.1, 0.15) is 49.5 Å². The molecule has 3 rings (SSSR count). The largest absolute Gasteiger partial charge is 0.491 e. The number of ether oxygens (including phenoxy) is 2. The number of fused-ring (bicyclic) bond motifs is 1. The summed E-state index contributed by atoms with van der Waals surface area (Å²) in [5, 5.41) is 8.82. The van der Waals surface area contributed by atoms with Crippen LogP contribution in [0.15, 0.2) is 18.2 Å². The molecule has 0 aromatic heterocycles. The van der Waals surface area contributed by atoms with Crippen LogP contribution in [0.5, 0.6) is 5.75 Å². The third-order valence-electron chi connectivity index (χ3n) is 5.84. The second-order valence-corrected chi connectivity index (χ2v) is 7.96. The van der Waals surface area contributed by atoms with E-state index < -0.39 is 11.3 Å². The maximum Gasteiger partial charge on any atom is 0.274 e. The Morgan fingerprint density at radius 2 is 1.96 bits per heavy atom. The molecule has 0 aliphatic carbocycles. The zero-order chi connectivity index (χ0) is 19.6. The second-order valence-electron chi connectivity index (χ2n) is 7.96. The van der Waals surface area contributed by atoms with Crippen molar-refractivity contribution in [3.05, 3.63) is 29.3 Å². The van der Waals surface area contributed by atoms with E-state index in [0.29, 0.717) is 43.6 Å². The summed E-state index contributed by atoms with van der Waals surface area (Å²) in [6, 6.07) is 4.92. The number of nitrogens with zero attached hydrogens (tertiary/aromatic N) is 1. The van der Waals surface area contributed by atoms with E-state index in [1.165, 1.54) is 0 Å². The number of hydrogen-bond donors (Lipinski definition) is 2. The molecule has 1 aromatic rings. The number of nitrogens with one attached hydrogen (secondary N) is 1. The molecule has 148 valence electrons. The first kappa shape index (κ1) is 19.6. The van der Waals surface area contributed by atoms with Crippen molar-refractivity contribution >= 4 is 11.8 Å². The fraction of sp³-hybridized carbons (Fsp3) is 0.600. The topological polar surface area (TPSA) is 88.1 Å². The van der Waals surface area contributed by atoms with Gasteiger partial charge in [-0.05, 0) is 37.8 Å². The molecule has 1 atom stereocenters. The van der Waals surface area contributed by atoms with E-state index in [9.17, 15) is 9.59 Å². The lowest BCUT2D eigenvalue weighted by Gasteiger charge is -2.40. The summed E-state index contributed by atoms with van der Waals surface area (Å²) in [5.41, 5.74) is 2.32. The third-order valence-corrected chi connectivity index (χ3v) is 5.84. The first-order valence-corrected chi connectivity index (χ1v) is 9.43. The Labute approximate surface area is 159 Å². The summed E-state index contributed by atoms with van der Waals surface area (Å²) in [6.45, 7) is 8.23. The molecule has 1 saturated heterocycles. The van der Waals surface area contributed by atoms with Crippen molar-refractivity contribution in [2.24, 2.45) is 11.3 Å². The SMILES string of the molecule is C[C@H]1COc2cc(C(=O)NO)ccc2CN1C(=O)C(C)(C)C1CCOCC1. The van der Waals surface area contributed by atoms with E-state index >= 15 is 0 Å². The summed E-state index contributed by atoms with van der Waals surface area (Å²) < 4.78 is 11.3. The molecule has 2 aliphatic heterocycles. The van der Waals surface area contributed by atoms with Gasteiger partial charge >= 0.3 is 0 Å². The van der Waals surface area contributed by atoms with Gasteiger partial charge in [-0.2, -0.15) is 0 Å². The fourth-order valence-electron chi connectivity index (χ4n) is 3.90. The van der Waals surface area contributed by atoms with Gasteiger partial charge in [-0.15, -0.1) is 0 Å². The van der Waals surface area contributed by atoms with Crippen LogP contribution in [-0.2, 0) is 16.1 Å². The number of amides is 2. The van der Waals surface area contributed by atoms with E-state index in [4.69, 9.17) is 14.7 Å². The van der Waals surface area contributed by atoms with Crippen LogP contribution in [0.25, 0.3) is 0 Å². The van der Waals surface area contributed by atoms with Gasteiger partial charge in [0.15, 0.2) is 0 Å². The summed E-state index contributed by atoms with van der Waals surface area (Å²) >= 11 is 0. The van der Waals surface area contributed by atoms with E-state index in [1.54, 1.807) is 23.7 Å². The highest BCUT2D eigenvalue weighted by Gasteiger charge is 2.42. The summed E-state index contributed by atoms with van der Waals surface area (Å²) in [6.07, 6.45) is 1.79. The first-order valence-electron chi connectivity index (χ1n) is 9.43. The minimum atomic E-state index is -0.590. The highest BCUT2D eigenvalue weighted by molar-refractivity contribution is 5.93. The Bertz CT molecular complexity index is 712. The van der Waals surface area contributed by atoms with E-state index in [2.05, 4.69) is 0 Å². The summed E-state index contributed by atoms with van der Waals surface area (Å²) in [4.78, 5) is 27.0. The number of carbonyl (C=O) groups is 2. The number of hydroxylamine groups is 1. The monoisotopic (exact) mass is 376 g/mol. The number of carbonyl (C=O) groups excluding carboxylic acids is 2. The lowest BCUT2D eigenvalue weighted by molar-refractivity contribution is -0.148. The molecule has 7 nitrogen and oxygen atoms in total. The Balaban J connectivity index is 1.83. The average molecular weight is 376 g/mol. The molecule has 2 heterocycles. The molecular weight excluding hydrogens is 348 g/mol. The highest BCUT2D eigenvalue weighted by Crippen LogP contribution is 2.38. The third kappa shape index (κ3) is 3.94. The van der Waals surface area contributed by atoms with Crippen LogP contribution in [0, 0.1) is 11.3 Å². The smallest absolute Gasteiger partial charge is 0.274 e. The number of rotatable bonds is 3. The zero-order valence-corrected chi connectivity index (χ0v) is 16.2. The van der Waals surface area contributed by atoms with Gasteiger partial charge in [-0.25, -0.2) is 5.48 Å².